The number of nitrogens with zero attached hydrogens (tertiary/aromatic N) is 4. The largest absolute Gasteiger partial charge is 0.465 e. The van der Waals surface area contributed by atoms with Gasteiger partial charge in [0.1, 0.15) is 5.00 Å². The van der Waals surface area contributed by atoms with Crippen LogP contribution in [0.4, 0.5) is 5.00 Å². The molecule has 0 saturated heterocycles. The second kappa shape index (κ2) is 11.0. The van der Waals surface area contributed by atoms with Crippen molar-refractivity contribution in [2.75, 3.05) is 32.3 Å². The summed E-state index contributed by atoms with van der Waals surface area (Å²) in [6.07, 6.45) is 0. The van der Waals surface area contributed by atoms with Crippen molar-refractivity contribution in [1.29, 1.82) is 0 Å². The van der Waals surface area contributed by atoms with Crippen molar-refractivity contribution in [2.45, 2.75) is 25.5 Å². The SMILES string of the molecule is CCn1c(SCC(=O)Nc2sc(C(=O)N(C)C)c(C)c2C(=O)OC)nnc1-c1ccccc1Cl. The molecule has 2 aromatic heterocycles. The third-order valence-electron chi connectivity index (χ3n) is 4.87. The molecule has 3 rings (SSSR count). The average Bonchev–Trinajstić information content (AvgIpc) is 3.37. The molecule has 0 unspecified atom stereocenters. The Hall–Kier alpha value is -2.89. The molecule has 0 aliphatic rings. The van der Waals surface area contributed by atoms with Crippen LogP contribution in [0.1, 0.15) is 32.5 Å². The van der Waals surface area contributed by atoms with Gasteiger partial charge in [-0.05, 0) is 31.5 Å². The maximum atomic E-state index is 12.8. The van der Waals surface area contributed by atoms with Gasteiger partial charge in [0.25, 0.3) is 5.91 Å². The maximum absolute atomic E-state index is 12.8. The Labute approximate surface area is 210 Å². The van der Waals surface area contributed by atoms with E-state index in [1.54, 1.807) is 27.1 Å². The smallest absolute Gasteiger partial charge is 0.341 e. The summed E-state index contributed by atoms with van der Waals surface area (Å²) in [5.41, 5.74) is 1.40. The number of carbonyl (C=O) groups is 3. The Bertz CT molecular complexity index is 1240. The molecule has 180 valence electrons. The fraction of sp³-hybridized carbons (Fsp3) is 0.318. The Kier molecular flexibility index (Phi) is 8.34. The van der Waals surface area contributed by atoms with Crippen molar-refractivity contribution < 1.29 is 19.1 Å². The number of methoxy groups -OCH3 is 1. The van der Waals surface area contributed by atoms with Crippen molar-refractivity contribution in [3.05, 3.63) is 45.3 Å². The first-order valence-corrected chi connectivity index (χ1v) is 12.4. The molecule has 3 aromatic rings. The summed E-state index contributed by atoms with van der Waals surface area (Å²) < 4.78 is 6.74. The van der Waals surface area contributed by atoms with Gasteiger partial charge < -0.3 is 19.5 Å². The molecule has 1 N–H and O–H groups in total. The zero-order valence-electron chi connectivity index (χ0n) is 19.3. The van der Waals surface area contributed by atoms with E-state index in [-0.39, 0.29) is 28.1 Å². The first-order valence-electron chi connectivity index (χ1n) is 10.2. The van der Waals surface area contributed by atoms with E-state index in [0.717, 1.165) is 16.9 Å². The van der Waals surface area contributed by atoms with Crippen LogP contribution in [-0.2, 0) is 16.1 Å². The first-order chi connectivity index (χ1) is 16.2. The highest BCUT2D eigenvalue weighted by Gasteiger charge is 2.27. The lowest BCUT2D eigenvalue weighted by Gasteiger charge is -2.09. The normalized spacial score (nSPS) is 10.8. The van der Waals surface area contributed by atoms with E-state index in [2.05, 4.69) is 15.5 Å². The van der Waals surface area contributed by atoms with Crippen LogP contribution in [0.3, 0.4) is 0 Å². The fourth-order valence-electron chi connectivity index (χ4n) is 3.17. The Morgan fingerprint density at radius 2 is 1.94 bits per heavy atom. The van der Waals surface area contributed by atoms with Gasteiger partial charge in [-0.25, -0.2) is 4.79 Å². The van der Waals surface area contributed by atoms with Crippen LogP contribution in [0, 0.1) is 6.92 Å². The number of benzene rings is 1. The van der Waals surface area contributed by atoms with Crippen molar-refractivity contribution in [3.8, 4) is 11.4 Å². The standard InChI is InChI=1S/C22H24ClN5O4S2/c1-6-28-18(13-9-7-8-10-14(13)23)25-26-22(28)33-11-15(29)24-19-16(21(31)32-5)12(2)17(34-19)20(30)27(3)4/h7-10H,6,11H2,1-5H3,(H,24,29). The number of thiophene rings is 1. The number of ether oxygens (including phenoxy) is 1. The molecule has 0 aliphatic carbocycles. The van der Waals surface area contributed by atoms with Crippen LogP contribution < -0.4 is 5.32 Å². The lowest BCUT2D eigenvalue weighted by Crippen LogP contribution is -2.21. The van der Waals surface area contributed by atoms with E-state index in [4.69, 9.17) is 16.3 Å². The van der Waals surface area contributed by atoms with Gasteiger partial charge in [-0.1, -0.05) is 35.5 Å². The minimum Gasteiger partial charge on any atom is -0.465 e. The first kappa shape index (κ1) is 25.7. The molecule has 0 spiro atoms. The highest BCUT2D eigenvalue weighted by molar-refractivity contribution is 7.99. The molecule has 34 heavy (non-hydrogen) atoms. The number of anilines is 1. The molecule has 1 aromatic carbocycles. The van der Waals surface area contributed by atoms with Gasteiger partial charge in [0.05, 0.1) is 28.3 Å². The van der Waals surface area contributed by atoms with Crippen molar-refractivity contribution >= 4 is 57.5 Å². The van der Waals surface area contributed by atoms with Gasteiger partial charge in [0.15, 0.2) is 11.0 Å². The number of halogens is 1. The van der Waals surface area contributed by atoms with Gasteiger partial charge in [-0.3, -0.25) is 9.59 Å². The zero-order valence-corrected chi connectivity index (χ0v) is 21.7. The van der Waals surface area contributed by atoms with Crippen molar-refractivity contribution in [2.24, 2.45) is 0 Å². The number of rotatable bonds is 8. The molecule has 9 nitrogen and oxygen atoms in total. The van der Waals surface area contributed by atoms with Gasteiger partial charge in [-0.15, -0.1) is 21.5 Å². The number of aromatic nitrogens is 3. The van der Waals surface area contributed by atoms with Crippen molar-refractivity contribution in [3.63, 3.8) is 0 Å². The van der Waals surface area contributed by atoms with Crippen LogP contribution in [0.2, 0.25) is 5.02 Å². The molecule has 0 atom stereocenters. The van der Waals surface area contributed by atoms with Gasteiger partial charge in [0, 0.05) is 26.2 Å². The highest BCUT2D eigenvalue weighted by Crippen LogP contribution is 2.35. The van der Waals surface area contributed by atoms with Crippen molar-refractivity contribution in [1.82, 2.24) is 19.7 Å². The summed E-state index contributed by atoms with van der Waals surface area (Å²) >= 11 is 8.56. The van der Waals surface area contributed by atoms with Crippen LogP contribution >= 0.6 is 34.7 Å². The summed E-state index contributed by atoms with van der Waals surface area (Å²) in [5.74, 6) is -0.597. The van der Waals surface area contributed by atoms with E-state index < -0.39 is 5.97 Å². The fourth-order valence-corrected chi connectivity index (χ4v) is 5.43. The summed E-state index contributed by atoms with van der Waals surface area (Å²) in [5, 5.41) is 12.6. The van der Waals surface area contributed by atoms with E-state index >= 15 is 0 Å². The molecule has 0 fully saturated rings. The summed E-state index contributed by atoms with van der Waals surface area (Å²) in [7, 11) is 4.49. The number of hydrogen-bond acceptors (Lipinski definition) is 8. The van der Waals surface area contributed by atoms with Gasteiger partial charge in [0.2, 0.25) is 5.91 Å². The van der Waals surface area contributed by atoms with Crippen LogP contribution in [0.5, 0.6) is 0 Å². The third-order valence-corrected chi connectivity index (χ3v) is 7.36. The van der Waals surface area contributed by atoms with Gasteiger partial charge >= 0.3 is 5.97 Å². The Morgan fingerprint density at radius 3 is 2.56 bits per heavy atom. The summed E-state index contributed by atoms with van der Waals surface area (Å²) in [4.78, 5) is 39.4. The van der Waals surface area contributed by atoms with Gasteiger partial charge in [-0.2, -0.15) is 0 Å². The van der Waals surface area contributed by atoms with Crippen LogP contribution in [-0.4, -0.2) is 64.4 Å². The summed E-state index contributed by atoms with van der Waals surface area (Å²) in [6, 6.07) is 7.35. The highest BCUT2D eigenvalue weighted by atomic mass is 35.5. The molecule has 0 bridgehead atoms. The molecular formula is C22H24ClN5O4S2. The lowest BCUT2D eigenvalue weighted by atomic mass is 10.1. The second-order valence-electron chi connectivity index (χ2n) is 7.32. The molecule has 0 aliphatic heterocycles. The van der Waals surface area contributed by atoms with Crippen LogP contribution in [0.15, 0.2) is 29.4 Å². The number of nitrogens with one attached hydrogen (secondary N) is 1. The summed E-state index contributed by atoms with van der Waals surface area (Å²) in [6.45, 7) is 4.20. The van der Waals surface area contributed by atoms with Crippen LogP contribution in [0.25, 0.3) is 11.4 Å². The Morgan fingerprint density at radius 1 is 1.24 bits per heavy atom. The number of hydrogen-bond donors (Lipinski definition) is 1. The molecular weight excluding hydrogens is 498 g/mol. The van der Waals surface area contributed by atoms with E-state index in [0.29, 0.717) is 33.0 Å². The minimum atomic E-state index is -0.621. The molecule has 0 radical (unpaired) electrons. The number of amides is 2. The maximum Gasteiger partial charge on any atom is 0.341 e. The Balaban J connectivity index is 1.80. The average molecular weight is 522 g/mol. The molecule has 2 amide bonds. The predicted molar refractivity (Wildman–Crippen MR) is 134 cm³/mol. The lowest BCUT2D eigenvalue weighted by molar-refractivity contribution is -0.113. The number of esters is 1. The minimum absolute atomic E-state index is 0.0230. The predicted octanol–water partition coefficient (Wildman–Crippen LogP) is 4.21. The zero-order chi connectivity index (χ0) is 25.0. The quantitative estimate of drug-likeness (QED) is 0.349. The molecule has 12 heteroatoms. The monoisotopic (exact) mass is 521 g/mol. The topological polar surface area (TPSA) is 106 Å². The second-order valence-corrected chi connectivity index (χ2v) is 9.69. The van der Waals surface area contributed by atoms with E-state index in [1.807, 2.05) is 29.7 Å². The third kappa shape index (κ3) is 5.26. The molecule has 2 heterocycles. The van der Waals surface area contributed by atoms with E-state index in [9.17, 15) is 14.4 Å². The molecule has 0 saturated carbocycles. The number of thioether (sulfide) groups is 1. The van der Waals surface area contributed by atoms with E-state index in [1.165, 1.54) is 23.8 Å². The number of carbonyl (C=O) groups excluding carboxylic acids is 3.